The molecule has 2 rings (SSSR count). The van der Waals surface area contributed by atoms with Crippen molar-refractivity contribution >= 4 is 23.4 Å². The molecule has 1 N–H and O–H groups in total. The van der Waals surface area contributed by atoms with Crippen molar-refractivity contribution in [3.05, 3.63) is 60.2 Å². The fourth-order valence-corrected chi connectivity index (χ4v) is 3.12. The summed E-state index contributed by atoms with van der Waals surface area (Å²) in [6.45, 7) is 2.16. The number of carbonyl (C=O) groups is 1. The van der Waals surface area contributed by atoms with Crippen LogP contribution in [0.4, 0.5) is 5.69 Å². The van der Waals surface area contributed by atoms with Gasteiger partial charge in [-0.3, -0.25) is 4.79 Å². The number of ether oxygens (including phenoxy) is 1. The zero-order valence-corrected chi connectivity index (χ0v) is 13.7. The highest BCUT2D eigenvalue weighted by molar-refractivity contribution is 7.99. The monoisotopic (exact) mass is 315 g/mol. The molecule has 0 saturated carbocycles. The number of hydrogen-bond donors (Lipinski definition) is 1. The summed E-state index contributed by atoms with van der Waals surface area (Å²) in [4.78, 5) is 12.0. The molecule has 0 heterocycles. The Kier molecular flexibility index (Phi) is 6.34. The molecule has 0 radical (unpaired) electrons. The predicted octanol–water partition coefficient (Wildman–Crippen LogP) is 4.52. The Hall–Kier alpha value is -1.94. The maximum Gasteiger partial charge on any atom is 0.225 e. The first-order valence-electron chi connectivity index (χ1n) is 7.30. The van der Waals surface area contributed by atoms with Crippen LogP contribution in [0.1, 0.15) is 24.2 Å². The second-order valence-electron chi connectivity index (χ2n) is 4.92. The summed E-state index contributed by atoms with van der Waals surface area (Å²) in [5.41, 5.74) is 2.01. The number of hydrogen-bond acceptors (Lipinski definition) is 3. The Morgan fingerprint density at radius 1 is 1.14 bits per heavy atom. The fourth-order valence-electron chi connectivity index (χ4n) is 2.11. The fraction of sp³-hybridized carbons (Fsp3) is 0.278. The molecule has 0 saturated heterocycles. The van der Waals surface area contributed by atoms with Gasteiger partial charge in [0, 0.05) is 17.4 Å². The third kappa shape index (κ3) is 4.81. The molecular weight excluding hydrogens is 294 g/mol. The van der Waals surface area contributed by atoms with Crippen LogP contribution in [0.5, 0.6) is 5.75 Å². The minimum Gasteiger partial charge on any atom is -0.495 e. The number of amides is 1. The Labute approximate surface area is 136 Å². The number of para-hydroxylation sites is 2. The lowest BCUT2D eigenvalue weighted by atomic mass is 10.2. The number of rotatable bonds is 7. The van der Waals surface area contributed by atoms with Gasteiger partial charge in [0.2, 0.25) is 5.91 Å². The molecule has 0 bridgehead atoms. The summed E-state index contributed by atoms with van der Waals surface area (Å²) in [6, 6.07) is 17.8. The second-order valence-corrected chi connectivity index (χ2v) is 6.37. The average Bonchev–Trinajstić information content (AvgIpc) is 2.56. The van der Waals surface area contributed by atoms with E-state index in [4.69, 9.17) is 4.74 Å². The molecular formula is C18H21NO2S. The molecule has 0 aliphatic rings. The van der Waals surface area contributed by atoms with Crippen molar-refractivity contribution < 1.29 is 9.53 Å². The van der Waals surface area contributed by atoms with E-state index in [1.807, 2.05) is 42.5 Å². The number of carbonyl (C=O) groups excluding carboxylic acids is 1. The highest BCUT2D eigenvalue weighted by atomic mass is 32.2. The number of thioether (sulfide) groups is 1. The van der Waals surface area contributed by atoms with E-state index in [1.165, 1.54) is 5.56 Å². The van der Waals surface area contributed by atoms with Gasteiger partial charge in [0.05, 0.1) is 12.8 Å². The van der Waals surface area contributed by atoms with Crippen molar-refractivity contribution in [1.82, 2.24) is 0 Å². The van der Waals surface area contributed by atoms with Crippen molar-refractivity contribution in [2.75, 3.05) is 18.2 Å². The van der Waals surface area contributed by atoms with Crippen LogP contribution < -0.4 is 10.1 Å². The molecule has 0 fully saturated rings. The zero-order chi connectivity index (χ0) is 15.8. The van der Waals surface area contributed by atoms with Crippen LogP contribution in [0.2, 0.25) is 0 Å². The molecule has 22 heavy (non-hydrogen) atoms. The lowest BCUT2D eigenvalue weighted by molar-refractivity contribution is -0.115. The van der Waals surface area contributed by atoms with Crippen molar-refractivity contribution in [3.8, 4) is 5.75 Å². The maximum absolute atomic E-state index is 12.0. The van der Waals surface area contributed by atoms with E-state index in [0.717, 1.165) is 11.4 Å². The first-order valence-corrected chi connectivity index (χ1v) is 8.35. The van der Waals surface area contributed by atoms with Crippen LogP contribution >= 0.6 is 11.8 Å². The Morgan fingerprint density at radius 3 is 2.55 bits per heavy atom. The molecule has 0 aliphatic carbocycles. The van der Waals surface area contributed by atoms with E-state index in [0.29, 0.717) is 17.4 Å². The zero-order valence-electron chi connectivity index (χ0n) is 12.9. The van der Waals surface area contributed by atoms with Crippen molar-refractivity contribution in [3.63, 3.8) is 0 Å². The molecule has 0 spiro atoms. The molecule has 2 aromatic rings. The van der Waals surface area contributed by atoms with Crippen molar-refractivity contribution in [2.24, 2.45) is 0 Å². The van der Waals surface area contributed by atoms with Gasteiger partial charge in [-0.2, -0.15) is 11.8 Å². The molecule has 3 nitrogen and oxygen atoms in total. The SMILES string of the molecule is COc1ccccc1NC(=O)CCS[C@H](C)c1ccccc1. The van der Waals surface area contributed by atoms with Gasteiger partial charge in [-0.1, -0.05) is 42.5 Å². The normalized spacial score (nSPS) is 11.7. The molecule has 0 aromatic heterocycles. The summed E-state index contributed by atoms with van der Waals surface area (Å²) in [5, 5.41) is 3.29. The van der Waals surface area contributed by atoms with Crippen molar-refractivity contribution in [2.45, 2.75) is 18.6 Å². The van der Waals surface area contributed by atoms with Crippen LogP contribution in [-0.4, -0.2) is 18.8 Å². The first kappa shape index (κ1) is 16.4. The average molecular weight is 315 g/mol. The van der Waals surface area contributed by atoms with Gasteiger partial charge in [0.15, 0.2) is 0 Å². The van der Waals surface area contributed by atoms with E-state index in [2.05, 4.69) is 24.4 Å². The van der Waals surface area contributed by atoms with Crippen LogP contribution in [0.25, 0.3) is 0 Å². The minimum absolute atomic E-state index is 0.0114. The van der Waals surface area contributed by atoms with Gasteiger partial charge in [-0.05, 0) is 24.6 Å². The highest BCUT2D eigenvalue weighted by Crippen LogP contribution is 2.28. The Morgan fingerprint density at radius 2 is 1.82 bits per heavy atom. The molecule has 2 aromatic carbocycles. The Balaban J connectivity index is 1.78. The summed E-state index contributed by atoms with van der Waals surface area (Å²) >= 11 is 1.79. The van der Waals surface area contributed by atoms with E-state index in [1.54, 1.807) is 18.9 Å². The second kappa shape index (κ2) is 8.49. The first-order chi connectivity index (χ1) is 10.7. The van der Waals surface area contributed by atoms with Gasteiger partial charge in [0.25, 0.3) is 0 Å². The third-order valence-electron chi connectivity index (χ3n) is 3.35. The van der Waals surface area contributed by atoms with Gasteiger partial charge < -0.3 is 10.1 Å². The summed E-state index contributed by atoms with van der Waals surface area (Å²) in [6.07, 6.45) is 0.486. The van der Waals surface area contributed by atoms with Crippen molar-refractivity contribution in [1.29, 1.82) is 0 Å². The summed E-state index contributed by atoms with van der Waals surface area (Å²) < 4.78 is 5.23. The topological polar surface area (TPSA) is 38.3 Å². The highest BCUT2D eigenvalue weighted by Gasteiger charge is 2.09. The number of benzene rings is 2. The largest absolute Gasteiger partial charge is 0.495 e. The van der Waals surface area contributed by atoms with Gasteiger partial charge >= 0.3 is 0 Å². The number of nitrogens with one attached hydrogen (secondary N) is 1. The lowest BCUT2D eigenvalue weighted by Crippen LogP contribution is -2.13. The maximum atomic E-state index is 12.0. The smallest absolute Gasteiger partial charge is 0.225 e. The van der Waals surface area contributed by atoms with Crippen LogP contribution in [0, 0.1) is 0 Å². The van der Waals surface area contributed by atoms with Crippen LogP contribution in [0.3, 0.4) is 0 Å². The molecule has 1 atom stereocenters. The van der Waals surface area contributed by atoms with Crippen LogP contribution in [0.15, 0.2) is 54.6 Å². The lowest BCUT2D eigenvalue weighted by Gasteiger charge is -2.12. The standard InChI is InChI=1S/C18H21NO2S/c1-14(15-8-4-3-5-9-15)22-13-12-18(20)19-16-10-6-7-11-17(16)21-2/h3-11,14H,12-13H2,1-2H3,(H,19,20)/t14-/m1/s1. The predicted molar refractivity (Wildman–Crippen MR) is 93.6 cm³/mol. The van der Waals surface area contributed by atoms with E-state index < -0.39 is 0 Å². The van der Waals surface area contributed by atoms with Gasteiger partial charge in [0.1, 0.15) is 5.75 Å². The van der Waals surface area contributed by atoms with E-state index in [9.17, 15) is 4.79 Å². The molecule has 0 aliphatic heterocycles. The van der Waals surface area contributed by atoms with Crippen LogP contribution in [-0.2, 0) is 4.79 Å². The molecule has 1 amide bonds. The van der Waals surface area contributed by atoms with E-state index >= 15 is 0 Å². The Bertz CT molecular complexity index is 601. The summed E-state index contributed by atoms with van der Waals surface area (Å²) in [7, 11) is 1.60. The molecule has 116 valence electrons. The number of methoxy groups -OCH3 is 1. The molecule has 0 unspecified atom stereocenters. The minimum atomic E-state index is 0.0114. The summed E-state index contributed by atoms with van der Waals surface area (Å²) in [5.74, 6) is 1.48. The van der Waals surface area contributed by atoms with Gasteiger partial charge in [-0.15, -0.1) is 0 Å². The third-order valence-corrected chi connectivity index (χ3v) is 4.56. The van der Waals surface area contributed by atoms with E-state index in [-0.39, 0.29) is 5.91 Å². The quantitative estimate of drug-likeness (QED) is 0.816. The number of anilines is 1. The molecule has 4 heteroatoms. The van der Waals surface area contributed by atoms with Gasteiger partial charge in [-0.25, -0.2) is 0 Å².